The number of amides is 1. The Labute approximate surface area is 162 Å². The molecule has 1 saturated heterocycles. The fourth-order valence-electron chi connectivity index (χ4n) is 3.24. The molecule has 0 bridgehead atoms. The highest BCUT2D eigenvalue weighted by molar-refractivity contribution is 5.93. The van der Waals surface area contributed by atoms with Crippen molar-refractivity contribution in [2.45, 2.75) is 24.9 Å². The number of aromatic nitrogens is 5. The average Bonchev–Trinajstić information content (AvgIpc) is 3.25. The molecule has 4 heterocycles. The van der Waals surface area contributed by atoms with Crippen LogP contribution in [-0.4, -0.2) is 49.2 Å². The van der Waals surface area contributed by atoms with Crippen LogP contribution < -0.4 is 0 Å². The monoisotopic (exact) mass is 404 g/mol. The number of pyridine rings is 1. The fourth-order valence-corrected chi connectivity index (χ4v) is 3.24. The molecule has 11 heteroatoms. The quantitative estimate of drug-likeness (QED) is 0.662. The lowest BCUT2D eigenvalue weighted by Gasteiger charge is -2.32. The van der Waals surface area contributed by atoms with Gasteiger partial charge >= 0.3 is 12.1 Å². The van der Waals surface area contributed by atoms with E-state index in [0.717, 1.165) is 18.5 Å². The van der Waals surface area contributed by atoms with E-state index in [0.29, 0.717) is 24.2 Å². The summed E-state index contributed by atoms with van der Waals surface area (Å²) in [6.45, 7) is 1.13. The van der Waals surface area contributed by atoms with Crippen LogP contribution >= 0.6 is 0 Å². The number of carbonyl (C=O) groups excluding carboxylic acids is 1. The third-order valence-corrected chi connectivity index (χ3v) is 4.67. The van der Waals surface area contributed by atoms with Gasteiger partial charge in [0.15, 0.2) is 0 Å². The summed E-state index contributed by atoms with van der Waals surface area (Å²) in [6, 6.07) is 4.93. The molecule has 3 aromatic heterocycles. The zero-order valence-corrected chi connectivity index (χ0v) is 15.0. The van der Waals surface area contributed by atoms with Crippen LogP contribution in [0.25, 0.3) is 11.4 Å². The molecule has 0 unspecified atom stereocenters. The van der Waals surface area contributed by atoms with Gasteiger partial charge in [-0.2, -0.15) is 28.4 Å². The van der Waals surface area contributed by atoms with Crippen molar-refractivity contribution >= 4 is 5.91 Å². The molecule has 1 amide bonds. The Morgan fingerprint density at radius 3 is 2.69 bits per heavy atom. The smallest absolute Gasteiger partial charge is 0.338 e. The number of alkyl halides is 3. The molecule has 1 atom stereocenters. The normalized spacial score (nSPS) is 17.3. The van der Waals surface area contributed by atoms with Gasteiger partial charge in [0, 0.05) is 36.5 Å². The molecule has 0 spiro atoms. The van der Waals surface area contributed by atoms with Gasteiger partial charge < -0.3 is 9.42 Å². The van der Waals surface area contributed by atoms with Crippen LogP contribution in [0.1, 0.15) is 40.7 Å². The Morgan fingerprint density at radius 1 is 1.17 bits per heavy atom. The van der Waals surface area contributed by atoms with Crippen molar-refractivity contribution in [3.05, 3.63) is 53.9 Å². The van der Waals surface area contributed by atoms with Crippen molar-refractivity contribution in [2.75, 3.05) is 13.1 Å². The van der Waals surface area contributed by atoms with Gasteiger partial charge in [-0.3, -0.25) is 9.78 Å². The average molecular weight is 404 g/mol. The number of piperidine rings is 1. The zero-order chi connectivity index (χ0) is 20.4. The topological polar surface area (TPSA) is 97.9 Å². The summed E-state index contributed by atoms with van der Waals surface area (Å²) >= 11 is 0. The highest BCUT2D eigenvalue weighted by Gasteiger charge is 2.38. The van der Waals surface area contributed by atoms with Crippen LogP contribution in [0.5, 0.6) is 0 Å². The van der Waals surface area contributed by atoms with Crippen molar-refractivity contribution in [3.8, 4) is 11.4 Å². The number of carbonyl (C=O) groups is 1. The molecule has 0 radical (unpaired) electrons. The lowest BCUT2D eigenvalue weighted by Crippen LogP contribution is -2.39. The Kier molecular flexibility index (Phi) is 4.95. The van der Waals surface area contributed by atoms with Crippen LogP contribution in [0, 0.1) is 0 Å². The highest BCUT2D eigenvalue weighted by Crippen LogP contribution is 2.30. The second kappa shape index (κ2) is 7.57. The number of halogens is 3. The van der Waals surface area contributed by atoms with Crippen molar-refractivity contribution in [1.82, 2.24) is 30.2 Å². The molecule has 3 aromatic rings. The molecule has 4 rings (SSSR count). The second-order valence-corrected chi connectivity index (χ2v) is 6.61. The summed E-state index contributed by atoms with van der Waals surface area (Å²) in [4.78, 5) is 22.1. The number of likely N-dealkylation sites (tertiary alicyclic amines) is 1. The molecule has 8 nitrogen and oxygen atoms in total. The van der Waals surface area contributed by atoms with Crippen molar-refractivity contribution in [2.24, 2.45) is 0 Å². The first-order chi connectivity index (χ1) is 13.9. The Morgan fingerprint density at radius 2 is 2.03 bits per heavy atom. The minimum absolute atomic E-state index is 0.0209. The second-order valence-electron chi connectivity index (χ2n) is 6.61. The van der Waals surface area contributed by atoms with Gasteiger partial charge in [-0.25, -0.2) is 0 Å². The fraction of sp³-hybridized carbons (Fsp3) is 0.333. The van der Waals surface area contributed by atoms with Crippen molar-refractivity contribution < 1.29 is 22.5 Å². The van der Waals surface area contributed by atoms with Crippen LogP contribution in [0.4, 0.5) is 13.2 Å². The Hall–Kier alpha value is -3.37. The minimum atomic E-state index is -4.69. The molecule has 150 valence electrons. The maximum atomic E-state index is 12.6. The van der Waals surface area contributed by atoms with Crippen LogP contribution in [-0.2, 0) is 6.18 Å². The molecule has 0 saturated carbocycles. The van der Waals surface area contributed by atoms with E-state index >= 15 is 0 Å². The first-order valence-electron chi connectivity index (χ1n) is 8.85. The van der Waals surface area contributed by atoms with Gasteiger partial charge in [0.25, 0.3) is 5.91 Å². The largest absolute Gasteiger partial charge is 0.471 e. The number of hydrogen-bond acceptors (Lipinski definition) is 7. The van der Waals surface area contributed by atoms with E-state index in [9.17, 15) is 18.0 Å². The van der Waals surface area contributed by atoms with Gasteiger partial charge in [-0.05, 0) is 31.0 Å². The maximum Gasteiger partial charge on any atom is 0.471 e. The van der Waals surface area contributed by atoms with Gasteiger partial charge in [0.2, 0.25) is 5.82 Å². The molecule has 1 aliphatic rings. The lowest BCUT2D eigenvalue weighted by atomic mass is 9.93. The van der Waals surface area contributed by atoms with Gasteiger partial charge in [0.1, 0.15) is 0 Å². The van der Waals surface area contributed by atoms with E-state index in [1.54, 1.807) is 23.1 Å². The third-order valence-electron chi connectivity index (χ3n) is 4.67. The van der Waals surface area contributed by atoms with Crippen LogP contribution in [0.3, 0.4) is 0 Å². The SMILES string of the molecule is O=C(c1ccnnc1)N1CCC[C@@H](c2ccc(-c3noc(C(F)(F)F)n3)cn2)C1. The summed E-state index contributed by atoms with van der Waals surface area (Å²) in [6.07, 6.45) is 1.29. The van der Waals surface area contributed by atoms with E-state index in [2.05, 4.69) is 29.8 Å². The Balaban J connectivity index is 1.47. The van der Waals surface area contributed by atoms with E-state index in [4.69, 9.17) is 0 Å². The maximum absolute atomic E-state index is 12.6. The van der Waals surface area contributed by atoms with E-state index < -0.39 is 12.1 Å². The Bertz CT molecular complexity index is 991. The molecule has 0 aliphatic carbocycles. The molecular weight excluding hydrogens is 389 g/mol. The predicted molar refractivity (Wildman–Crippen MR) is 92.4 cm³/mol. The van der Waals surface area contributed by atoms with E-state index in [1.165, 1.54) is 18.6 Å². The molecular formula is C18H15F3N6O2. The van der Waals surface area contributed by atoms with Gasteiger partial charge in [0.05, 0.1) is 18.0 Å². The van der Waals surface area contributed by atoms with Crippen molar-refractivity contribution in [3.63, 3.8) is 0 Å². The lowest BCUT2D eigenvalue weighted by molar-refractivity contribution is -0.159. The van der Waals surface area contributed by atoms with Crippen LogP contribution in [0.2, 0.25) is 0 Å². The molecule has 0 N–H and O–H groups in total. The van der Waals surface area contributed by atoms with Crippen LogP contribution in [0.15, 0.2) is 41.3 Å². The summed E-state index contributed by atoms with van der Waals surface area (Å²) in [5.74, 6) is -1.68. The number of rotatable bonds is 3. The van der Waals surface area contributed by atoms with Gasteiger partial charge in [-0.15, -0.1) is 0 Å². The molecule has 29 heavy (non-hydrogen) atoms. The standard InChI is InChI=1S/C18H15F3N6O2/c19-18(20,21)17-25-15(26-29-17)11-3-4-14(22-8-11)13-2-1-7-27(10-13)16(28)12-5-6-23-24-9-12/h3-6,8-9,13H,1-2,7,10H2/t13-/m1/s1. The summed E-state index contributed by atoms with van der Waals surface area (Å²) in [7, 11) is 0. The van der Waals surface area contributed by atoms with E-state index in [1.807, 2.05) is 0 Å². The minimum Gasteiger partial charge on any atom is -0.338 e. The molecule has 0 aromatic carbocycles. The number of nitrogens with zero attached hydrogens (tertiary/aromatic N) is 6. The first kappa shape index (κ1) is 19.0. The van der Waals surface area contributed by atoms with E-state index in [-0.39, 0.29) is 17.6 Å². The summed E-state index contributed by atoms with van der Waals surface area (Å²) in [5.41, 5.74) is 1.54. The zero-order valence-electron chi connectivity index (χ0n) is 15.0. The summed E-state index contributed by atoms with van der Waals surface area (Å²) in [5, 5.41) is 10.8. The molecule has 1 aliphatic heterocycles. The summed E-state index contributed by atoms with van der Waals surface area (Å²) < 4.78 is 42.0. The number of hydrogen-bond donors (Lipinski definition) is 0. The first-order valence-corrected chi connectivity index (χ1v) is 8.85. The predicted octanol–water partition coefficient (Wildman–Crippen LogP) is 2.96. The third kappa shape index (κ3) is 4.08. The van der Waals surface area contributed by atoms with Gasteiger partial charge in [-0.1, -0.05) is 5.16 Å². The van der Waals surface area contributed by atoms with Crippen molar-refractivity contribution in [1.29, 1.82) is 0 Å². The molecule has 1 fully saturated rings. The highest BCUT2D eigenvalue weighted by atomic mass is 19.4.